The van der Waals surface area contributed by atoms with Gasteiger partial charge in [0.15, 0.2) is 0 Å². The molecular formula is C15H26N4O2. The summed E-state index contributed by atoms with van der Waals surface area (Å²) in [7, 11) is 1.72. The van der Waals surface area contributed by atoms with Gasteiger partial charge in [-0.3, -0.25) is 9.48 Å². The zero-order chi connectivity index (χ0) is 15.3. The molecule has 0 spiro atoms. The van der Waals surface area contributed by atoms with Crippen molar-refractivity contribution >= 4 is 5.91 Å². The van der Waals surface area contributed by atoms with Crippen LogP contribution in [0.2, 0.25) is 0 Å². The first-order valence-electron chi connectivity index (χ1n) is 7.61. The van der Waals surface area contributed by atoms with E-state index in [4.69, 9.17) is 10.5 Å². The van der Waals surface area contributed by atoms with E-state index in [1.54, 1.807) is 13.3 Å². The largest absolute Gasteiger partial charge is 0.385 e. The van der Waals surface area contributed by atoms with E-state index in [1.165, 1.54) is 12.8 Å². The molecule has 1 aromatic rings. The minimum Gasteiger partial charge on any atom is -0.385 e. The lowest BCUT2D eigenvalue weighted by atomic mass is 10.0. The van der Waals surface area contributed by atoms with Crippen LogP contribution in [0, 0.1) is 12.3 Å². The Labute approximate surface area is 126 Å². The first-order chi connectivity index (χ1) is 10.1. The molecule has 6 heteroatoms. The molecule has 0 saturated heterocycles. The van der Waals surface area contributed by atoms with Crippen molar-refractivity contribution < 1.29 is 9.53 Å². The van der Waals surface area contributed by atoms with Crippen LogP contribution in [0.3, 0.4) is 0 Å². The molecule has 0 aromatic carbocycles. The van der Waals surface area contributed by atoms with Crippen molar-refractivity contribution in [3.63, 3.8) is 0 Å². The average Bonchev–Trinajstić information content (AvgIpc) is 3.17. The van der Waals surface area contributed by atoms with Crippen molar-refractivity contribution in [3.8, 4) is 0 Å². The van der Waals surface area contributed by atoms with Crippen LogP contribution in [0.25, 0.3) is 0 Å². The Bertz CT molecular complexity index is 480. The van der Waals surface area contributed by atoms with Gasteiger partial charge in [-0.1, -0.05) is 0 Å². The number of carbonyl (C=O) groups excluding carboxylic acids is 1. The minimum absolute atomic E-state index is 0.0322. The Morgan fingerprint density at radius 2 is 2.33 bits per heavy atom. The van der Waals surface area contributed by atoms with E-state index < -0.39 is 0 Å². The summed E-state index contributed by atoms with van der Waals surface area (Å²) in [5.41, 5.74) is 7.33. The molecule has 1 amide bonds. The van der Waals surface area contributed by atoms with Crippen molar-refractivity contribution in [2.24, 2.45) is 11.1 Å². The van der Waals surface area contributed by atoms with Gasteiger partial charge in [0.25, 0.3) is 5.91 Å². The van der Waals surface area contributed by atoms with Crippen LogP contribution in [0.4, 0.5) is 0 Å². The zero-order valence-corrected chi connectivity index (χ0v) is 13.0. The van der Waals surface area contributed by atoms with Gasteiger partial charge in [-0.15, -0.1) is 0 Å². The van der Waals surface area contributed by atoms with Crippen LogP contribution in [0.5, 0.6) is 0 Å². The predicted molar refractivity (Wildman–Crippen MR) is 81.1 cm³/mol. The number of amides is 1. The maximum atomic E-state index is 12.3. The van der Waals surface area contributed by atoms with Gasteiger partial charge in [0, 0.05) is 32.5 Å². The van der Waals surface area contributed by atoms with Gasteiger partial charge in [0.2, 0.25) is 0 Å². The number of hydrogen-bond acceptors (Lipinski definition) is 4. The lowest BCUT2D eigenvalue weighted by Crippen LogP contribution is -2.31. The van der Waals surface area contributed by atoms with Crippen LogP contribution in [0.1, 0.15) is 41.7 Å². The second-order valence-corrected chi connectivity index (χ2v) is 5.93. The molecule has 1 aliphatic rings. The Hall–Kier alpha value is -1.40. The van der Waals surface area contributed by atoms with E-state index in [-0.39, 0.29) is 11.3 Å². The van der Waals surface area contributed by atoms with E-state index in [2.05, 4.69) is 10.4 Å². The molecule has 0 aliphatic heterocycles. The number of aryl methyl sites for hydroxylation is 1. The lowest BCUT2D eigenvalue weighted by molar-refractivity contribution is 0.0937. The first-order valence-corrected chi connectivity index (χ1v) is 7.61. The second-order valence-electron chi connectivity index (χ2n) is 5.93. The van der Waals surface area contributed by atoms with Gasteiger partial charge in [0.05, 0.1) is 11.8 Å². The molecule has 6 nitrogen and oxygen atoms in total. The lowest BCUT2D eigenvalue weighted by Gasteiger charge is -2.15. The number of carbonyl (C=O) groups is 1. The Morgan fingerprint density at radius 1 is 1.57 bits per heavy atom. The monoisotopic (exact) mass is 294 g/mol. The molecular weight excluding hydrogens is 268 g/mol. The molecule has 1 fully saturated rings. The van der Waals surface area contributed by atoms with Crippen molar-refractivity contribution in [2.75, 3.05) is 26.8 Å². The summed E-state index contributed by atoms with van der Waals surface area (Å²) < 4.78 is 6.98. The highest BCUT2D eigenvalue weighted by Gasteiger charge is 2.42. The van der Waals surface area contributed by atoms with Crippen molar-refractivity contribution in [1.29, 1.82) is 0 Å². The summed E-state index contributed by atoms with van der Waals surface area (Å²) >= 11 is 0. The van der Waals surface area contributed by atoms with E-state index in [9.17, 15) is 4.79 Å². The van der Waals surface area contributed by atoms with Crippen molar-refractivity contribution in [1.82, 2.24) is 15.1 Å². The van der Waals surface area contributed by atoms with Crippen LogP contribution in [-0.2, 0) is 11.3 Å². The third-order valence-corrected chi connectivity index (χ3v) is 4.34. The van der Waals surface area contributed by atoms with E-state index >= 15 is 0 Å². The van der Waals surface area contributed by atoms with Crippen LogP contribution < -0.4 is 11.1 Å². The Morgan fingerprint density at radius 3 is 2.95 bits per heavy atom. The summed E-state index contributed by atoms with van der Waals surface area (Å²) in [5, 5.41) is 7.31. The average molecular weight is 294 g/mol. The molecule has 2 rings (SSSR count). The highest BCUT2D eigenvalue weighted by atomic mass is 16.5. The predicted octanol–water partition coefficient (Wildman–Crippen LogP) is 1.09. The SMILES string of the molecule is COCCC1(CNC(=O)c2cnn(CCCN)c2C)CC1. The molecule has 21 heavy (non-hydrogen) atoms. The van der Waals surface area contributed by atoms with Gasteiger partial charge in [-0.25, -0.2) is 0 Å². The number of hydrogen-bond donors (Lipinski definition) is 2. The smallest absolute Gasteiger partial charge is 0.254 e. The van der Waals surface area contributed by atoms with Crippen LogP contribution in [0.15, 0.2) is 6.20 Å². The molecule has 3 N–H and O–H groups in total. The van der Waals surface area contributed by atoms with Gasteiger partial charge in [0.1, 0.15) is 0 Å². The molecule has 0 unspecified atom stereocenters. The topological polar surface area (TPSA) is 82.2 Å². The summed E-state index contributed by atoms with van der Waals surface area (Å²) in [5.74, 6) is -0.0322. The number of nitrogens with one attached hydrogen (secondary N) is 1. The van der Waals surface area contributed by atoms with Crippen molar-refractivity contribution in [3.05, 3.63) is 17.5 Å². The number of aromatic nitrogens is 2. The molecule has 0 radical (unpaired) electrons. The maximum absolute atomic E-state index is 12.3. The fourth-order valence-electron chi connectivity index (χ4n) is 2.51. The second kappa shape index (κ2) is 7.04. The molecule has 118 valence electrons. The fourth-order valence-corrected chi connectivity index (χ4v) is 2.51. The number of nitrogens with two attached hydrogens (primary N) is 1. The standard InChI is InChI=1S/C15H26N4O2/c1-12-13(10-18-19(12)8-3-7-16)14(20)17-11-15(4-5-15)6-9-21-2/h10H,3-9,11,16H2,1-2H3,(H,17,20). The molecule has 1 saturated carbocycles. The Kier molecular flexibility index (Phi) is 5.36. The molecule has 0 bridgehead atoms. The minimum atomic E-state index is -0.0322. The van der Waals surface area contributed by atoms with E-state index in [0.29, 0.717) is 12.1 Å². The maximum Gasteiger partial charge on any atom is 0.254 e. The highest BCUT2D eigenvalue weighted by Crippen LogP contribution is 2.48. The van der Waals surface area contributed by atoms with Gasteiger partial charge in [-0.05, 0) is 44.6 Å². The van der Waals surface area contributed by atoms with E-state index in [1.807, 2.05) is 11.6 Å². The fraction of sp³-hybridized carbons (Fsp3) is 0.733. The summed E-state index contributed by atoms with van der Waals surface area (Å²) in [6, 6.07) is 0. The number of ether oxygens (including phenoxy) is 1. The van der Waals surface area contributed by atoms with Gasteiger partial charge >= 0.3 is 0 Å². The first kappa shape index (κ1) is 16.0. The molecule has 1 aliphatic carbocycles. The highest BCUT2D eigenvalue weighted by molar-refractivity contribution is 5.95. The molecule has 1 aromatic heterocycles. The van der Waals surface area contributed by atoms with Crippen molar-refractivity contribution in [2.45, 2.75) is 39.2 Å². The third kappa shape index (κ3) is 4.04. The summed E-state index contributed by atoms with van der Waals surface area (Å²) in [6.45, 7) is 4.79. The third-order valence-electron chi connectivity index (χ3n) is 4.34. The summed E-state index contributed by atoms with van der Waals surface area (Å²) in [4.78, 5) is 12.3. The Balaban J connectivity index is 1.87. The summed E-state index contributed by atoms with van der Waals surface area (Å²) in [6.07, 6.45) is 5.87. The van der Waals surface area contributed by atoms with Gasteiger partial charge in [-0.2, -0.15) is 5.10 Å². The normalized spacial score (nSPS) is 16.0. The molecule has 0 atom stereocenters. The van der Waals surface area contributed by atoms with Crippen LogP contribution >= 0.6 is 0 Å². The van der Waals surface area contributed by atoms with Gasteiger partial charge < -0.3 is 15.8 Å². The zero-order valence-electron chi connectivity index (χ0n) is 13.0. The molecule has 1 heterocycles. The van der Waals surface area contributed by atoms with E-state index in [0.717, 1.165) is 38.2 Å². The quantitative estimate of drug-likeness (QED) is 0.714. The number of rotatable bonds is 9. The van der Waals surface area contributed by atoms with Crippen LogP contribution in [-0.4, -0.2) is 42.5 Å². The number of methoxy groups -OCH3 is 1. The number of nitrogens with zero attached hydrogens (tertiary/aromatic N) is 2.